The normalized spacial score (nSPS) is 24.6. The second kappa shape index (κ2) is 12.8. The quantitative estimate of drug-likeness (QED) is 0.190. The minimum atomic E-state index is -1.34. The molecule has 0 aliphatic carbocycles. The molecule has 0 N–H and O–H groups in total. The number of rotatable bonds is 10. The molecular weight excluding hydrogens is 432 g/mol. The summed E-state index contributed by atoms with van der Waals surface area (Å²) in [6.07, 6.45) is -6.41. The van der Waals surface area contributed by atoms with Gasteiger partial charge in [0.15, 0.2) is 24.6 Å². The molecule has 1 aliphatic heterocycles. The lowest BCUT2D eigenvalue weighted by Crippen LogP contribution is -2.63. The van der Waals surface area contributed by atoms with Crippen LogP contribution in [0.2, 0.25) is 0 Å². The largest absolute Gasteiger partial charge is 0.463 e. The Labute approximate surface area is 185 Å². The molecule has 0 aromatic rings. The molecule has 0 spiro atoms. The van der Waals surface area contributed by atoms with Crippen molar-refractivity contribution in [3.8, 4) is 0 Å². The summed E-state index contributed by atoms with van der Waals surface area (Å²) < 4.78 is 36.9. The molecule has 12 nitrogen and oxygen atoms in total. The molecule has 1 aliphatic rings. The fourth-order valence-electron chi connectivity index (χ4n) is 2.74. The van der Waals surface area contributed by atoms with E-state index in [1.807, 2.05) is 0 Å². The van der Waals surface area contributed by atoms with Crippen LogP contribution in [0, 0.1) is 0 Å². The third-order valence-electron chi connectivity index (χ3n) is 3.90. The third kappa shape index (κ3) is 9.02. The number of esters is 5. The van der Waals surface area contributed by atoms with Crippen LogP contribution < -0.4 is 0 Å². The van der Waals surface area contributed by atoms with Crippen molar-refractivity contribution in [2.45, 2.75) is 65.3 Å². The molecule has 1 rings (SSSR count). The van der Waals surface area contributed by atoms with Crippen LogP contribution >= 0.6 is 0 Å². The van der Waals surface area contributed by atoms with E-state index in [1.54, 1.807) is 0 Å². The smallest absolute Gasteiger partial charge is 0.333 e. The minimum absolute atomic E-state index is 0.182. The van der Waals surface area contributed by atoms with Crippen molar-refractivity contribution >= 4 is 29.8 Å². The standard InChI is InChI=1S/C20H28O12/c1-10(2)19(25)26-7-8-27-20-18(31-14(6)24)17(30-13(5)23)16(29-12(4)22)15(32-20)9-28-11(3)21/h15-18,20H,1,7-9H2,2-6H3. The fourth-order valence-corrected chi connectivity index (χ4v) is 2.74. The van der Waals surface area contributed by atoms with Crippen LogP contribution in [0.4, 0.5) is 0 Å². The van der Waals surface area contributed by atoms with E-state index in [4.69, 9.17) is 33.2 Å². The van der Waals surface area contributed by atoms with Gasteiger partial charge >= 0.3 is 29.8 Å². The topological polar surface area (TPSA) is 150 Å². The third-order valence-corrected chi connectivity index (χ3v) is 3.90. The van der Waals surface area contributed by atoms with Crippen molar-refractivity contribution in [3.63, 3.8) is 0 Å². The van der Waals surface area contributed by atoms with Gasteiger partial charge in [0.05, 0.1) is 6.61 Å². The first kappa shape index (κ1) is 27.0. The van der Waals surface area contributed by atoms with Crippen LogP contribution in [-0.2, 0) is 57.1 Å². The molecular formula is C20H28O12. The first-order chi connectivity index (χ1) is 14.9. The van der Waals surface area contributed by atoms with Crippen molar-refractivity contribution in [3.05, 3.63) is 12.2 Å². The Morgan fingerprint density at radius 3 is 1.75 bits per heavy atom. The van der Waals surface area contributed by atoms with Gasteiger partial charge in [-0.25, -0.2) is 4.79 Å². The van der Waals surface area contributed by atoms with Gasteiger partial charge in [0.25, 0.3) is 0 Å². The summed E-state index contributed by atoms with van der Waals surface area (Å²) in [6.45, 7) is 8.69. The Kier molecular flexibility index (Phi) is 10.8. The average molecular weight is 460 g/mol. The fraction of sp³-hybridized carbons (Fsp3) is 0.650. The molecule has 0 radical (unpaired) electrons. The highest BCUT2D eigenvalue weighted by atomic mass is 16.7. The van der Waals surface area contributed by atoms with Gasteiger partial charge in [-0.05, 0) is 6.92 Å². The zero-order valence-electron chi connectivity index (χ0n) is 18.6. The van der Waals surface area contributed by atoms with Crippen molar-refractivity contribution in [1.82, 2.24) is 0 Å². The summed E-state index contributed by atoms with van der Waals surface area (Å²) in [5.74, 6) is -3.51. The van der Waals surface area contributed by atoms with Crippen LogP contribution in [0.15, 0.2) is 12.2 Å². The maximum absolute atomic E-state index is 11.7. The molecule has 1 saturated heterocycles. The Balaban J connectivity index is 3.13. The molecule has 5 atom stereocenters. The summed E-state index contributed by atoms with van der Waals surface area (Å²) in [5.41, 5.74) is 0.192. The average Bonchev–Trinajstić information content (AvgIpc) is 2.66. The lowest BCUT2D eigenvalue weighted by molar-refractivity contribution is -0.309. The van der Waals surface area contributed by atoms with Gasteiger partial charge in [-0.1, -0.05) is 6.58 Å². The maximum Gasteiger partial charge on any atom is 0.333 e. The summed E-state index contributed by atoms with van der Waals surface area (Å²) in [7, 11) is 0. The molecule has 12 heteroatoms. The maximum atomic E-state index is 11.7. The number of ether oxygens (including phenoxy) is 7. The number of hydrogen-bond donors (Lipinski definition) is 0. The van der Waals surface area contributed by atoms with E-state index in [1.165, 1.54) is 13.8 Å². The highest BCUT2D eigenvalue weighted by molar-refractivity contribution is 5.86. The van der Waals surface area contributed by atoms with E-state index >= 15 is 0 Å². The van der Waals surface area contributed by atoms with E-state index in [0.717, 1.165) is 20.8 Å². The Bertz CT molecular complexity index is 730. The number of hydrogen-bond acceptors (Lipinski definition) is 12. The summed E-state index contributed by atoms with van der Waals surface area (Å²) in [5, 5.41) is 0. The van der Waals surface area contributed by atoms with E-state index in [-0.39, 0.29) is 25.4 Å². The van der Waals surface area contributed by atoms with Crippen molar-refractivity contribution in [1.29, 1.82) is 0 Å². The van der Waals surface area contributed by atoms with Crippen LogP contribution in [0.1, 0.15) is 34.6 Å². The van der Waals surface area contributed by atoms with Crippen molar-refractivity contribution in [2.75, 3.05) is 19.8 Å². The summed E-state index contributed by atoms with van der Waals surface area (Å²) >= 11 is 0. The van der Waals surface area contributed by atoms with Gasteiger partial charge in [0, 0.05) is 33.3 Å². The van der Waals surface area contributed by atoms with Gasteiger partial charge in [-0.15, -0.1) is 0 Å². The molecule has 0 aromatic carbocycles. The van der Waals surface area contributed by atoms with E-state index in [9.17, 15) is 24.0 Å². The van der Waals surface area contributed by atoms with Gasteiger partial charge in [0.1, 0.15) is 19.3 Å². The molecule has 5 unspecified atom stereocenters. The zero-order valence-corrected chi connectivity index (χ0v) is 18.6. The minimum Gasteiger partial charge on any atom is -0.463 e. The van der Waals surface area contributed by atoms with Crippen LogP contribution in [0.25, 0.3) is 0 Å². The number of carbonyl (C=O) groups excluding carboxylic acids is 5. The van der Waals surface area contributed by atoms with Crippen LogP contribution in [-0.4, -0.2) is 80.4 Å². The lowest BCUT2D eigenvalue weighted by Gasteiger charge is -2.44. The van der Waals surface area contributed by atoms with Crippen molar-refractivity contribution in [2.24, 2.45) is 0 Å². The second-order valence-electron chi connectivity index (χ2n) is 6.85. The Morgan fingerprint density at radius 2 is 1.25 bits per heavy atom. The zero-order chi connectivity index (χ0) is 24.4. The van der Waals surface area contributed by atoms with Crippen molar-refractivity contribution < 1.29 is 57.1 Å². The first-order valence-corrected chi connectivity index (χ1v) is 9.67. The van der Waals surface area contributed by atoms with Gasteiger partial charge < -0.3 is 33.2 Å². The predicted molar refractivity (Wildman–Crippen MR) is 104 cm³/mol. The van der Waals surface area contributed by atoms with E-state index in [2.05, 4.69) is 6.58 Å². The molecule has 0 saturated carbocycles. The molecule has 1 fully saturated rings. The number of carbonyl (C=O) groups is 5. The molecule has 0 amide bonds. The lowest BCUT2D eigenvalue weighted by atomic mass is 9.98. The van der Waals surface area contributed by atoms with E-state index < -0.39 is 60.6 Å². The second-order valence-corrected chi connectivity index (χ2v) is 6.85. The van der Waals surface area contributed by atoms with E-state index in [0.29, 0.717) is 0 Å². The predicted octanol–water partition coefficient (Wildman–Crippen LogP) is 0.205. The van der Waals surface area contributed by atoms with Gasteiger partial charge in [-0.2, -0.15) is 0 Å². The Hall–Kier alpha value is -2.99. The molecule has 180 valence electrons. The van der Waals surface area contributed by atoms with Gasteiger partial charge in [-0.3, -0.25) is 19.2 Å². The highest BCUT2D eigenvalue weighted by Gasteiger charge is 2.52. The summed E-state index contributed by atoms with van der Waals surface area (Å²) in [6, 6.07) is 0. The van der Waals surface area contributed by atoms with Crippen LogP contribution in [0.3, 0.4) is 0 Å². The molecule has 32 heavy (non-hydrogen) atoms. The Morgan fingerprint density at radius 1 is 0.719 bits per heavy atom. The first-order valence-electron chi connectivity index (χ1n) is 9.67. The summed E-state index contributed by atoms with van der Waals surface area (Å²) in [4.78, 5) is 57.8. The SMILES string of the molecule is C=C(C)C(=O)OCCOC1OC(COC(C)=O)C(OC(C)=O)C(OC(C)=O)C1OC(C)=O. The molecule has 0 bridgehead atoms. The monoisotopic (exact) mass is 460 g/mol. The van der Waals surface area contributed by atoms with Crippen LogP contribution in [0.5, 0.6) is 0 Å². The molecule has 0 aromatic heterocycles. The van der Waals surface area contributed by atoms with Gasteiger partial charge in [0.2, 0.25) is 0 Å². The highest BCUT2D eigenvalue weighted by Crippen LogP contribution is 2.29. The molecule has 1 heterocycles.